The number of rotatable bonds is 6. The van der Waals surface area contributed by atoms with Crippen LogP contribution in [0.15, 0.2) is 35.3 Å². The summed E-state index contributed by atoms with van der Waals surface area (Å²) in [5.41, 5.74) is 2.27. The smallest absolute Gasteiger partial charge is 0.416 e. The van der Waals surface area contributed by atoms with Crippen molar-refractivity contribution in [3.63, 3.8) is 0 Å². The number of benzene rings is 2. The highest BCUT2D eigenvalue weighted by molar-refractivity contribution is 5.92. The number of hydrogen-bond acceptors (Lipinski definition) is 3. The van der Waals surface area contributed by atoms with Crippen molar-refractivity contribution in [1.82, 2.24) is 4.90 Å². The normalized spacial score (nSPS) is 11.7. The second-order valence-corrected chi connectivity index (χ2v) is 6.94. The Morgan fingerprint density at radius 3 is 2.48 bits per heavy atom. The average Bonchev–Trinajstić information content (AvgIpc) is 2.65. The van der Waals surface area contributed by atoms with Gasteiger partial charge in [-0.1, -0.05) is 12.1 Å². The summed E-state index contributed by atoms with van der Waals surface area (Å²) in [4.78, 5) is 18.9. The number of aryl methyl sites for hydroxylation is 2. The number of carbonyl (C=O) groups is 1. The highest BCUT2D eigenvalue weighted by Crippen LogP contribution is 2.33. The number of halogens is 3. The molecule has 0 aliphatic heterocycles. The molecule has 0 fully saturated rings. The van der Waals surface area contributed by atoms with Crippen molar-refractivity contribution in [2.45, 2.75) is 40.5 Å². The SMILES string of the molecule is CCN(C)C=Nc1cc(C)c(C(=O)OCc2cccc(C(F)(F)F)c2C)cc1C. The Labute approximate surface area is 169 Å². The van der Waals surface area contributed by atoms with Crippen LogP contribution in [0.3, 0.4) is 0 Å². The van der Waals surface area contributed by atoms with Crippen LogP contribution in [0, 0.1) is 20.8 Å². The number of ether oxygens (including phenoxy) is 1. The largest absolute Gasteiger partial charge is 0.457 e. The lowest BCUT2D eigenvalue weighted by Gasteiger charge is -2.15. The van der Waals surface area contributed by atoms with Gasteiger partial charge in [0.2, 0.25) is 0 Å². The van der Waals surface area contributed by atoms with Crippen LogP contribution in [-0.4, -0.2) is 30.8 Å². The van der Waals surface area contributed by atoms with Gasteiger partial charge in [0.25, 0.3) is 0 Å². The number of nitrogens with zero attached hydrogens (tertiary/aromatic N) is 2. The number of esters is 1. The van der Waals surface area contributed by atoms with E-state index >= 15 is 0 Å². The molecular weight excluding hydrogens is 381 g/mol. The van der Waals surface area contributed by atoms with Crippen LogP contribution < -0.4 is 0 Å². The molecule has 0 aromatic heterocycles. The van der Waals surface area contributed by atoms with E-state index in [1.807, 2.05) is 25.8 Å². The van der Waals surface area contributed by atoms with Crippen LogP contribution in [0.25, 0.3) is 0 Å². The molecule has 4 nitrogen and oxygen atoms in total. The summed E-state index contributed by atoms with van der Waals surface area (Å²) in [6, 6.07) is 7.34. The molecule has 7 heteroatoms. The molecule has 2 aromatic carbocycles. The van der Waals surface area contributed by atoms with Gasteiger partial charge in [0, 0.05) is 13.6 Å². The fourth-order valence-electron chi connectivity index (χ4n) is 2.77. The molecule has 0 atom stereocenters. The van der Waals surface area contributed by atoms with E-state index in [2.05, 4.69) is 4.99 Å². The third kappa shape index (κ3) is 5.59. The number of alkyl halides is 3. The van der Waals surface area contributed by atoms with E-state index in [1.165, 1.54) is 19.1 Å². The van der Waals surface area contributed by atoms with Crippen LogP contribution in [0.1, 0.15) is 45.1 Å². The first-order chi connectivity index (χ1) is 13.5. The molecule has 0 heterocycles. The van der Waals surface area contributed by atoms with Crippen molar-refractivity contribution >= 4 is 18.0 Å². The molecule has 156 valence electrons. The highest BCUT2D eigenvalue weighted by Gasteiger charge is 2.32. The Morgan fingerprint density at radius 1 is 1.17 bits per heavy atom. The fourth-order valence-corrected chi connectivity index (χ4v) is 2.77. The quantitative estimate of drug-likeness (QED) is 0.356. The number of carbonyl (C=O) groups excluding carboxylic acids is 1. The van der Waals surface area contributed by atoms with Crippen LogP contribution in [0.4, 0.5) is 18.9 Å². The van der Waals surface area contributed by atoms with Crippen LogP contribution in [-0.2, 0) is 17.5 Å². The molecule has 0 saturated carbocycles. The Balaban J connectivity index is 2.18. The van der Waals surface area contributed by atoms with Crippen molar-refractivity contribution in [1.29, 1.82) is 0 Å². The van der Waals surface area contributed by atoms with Crippen molar-refractivity contribution < 1.29 is 22.7 Å². The zero-order valence-corrected chi connectivity index (χ0v) is 17.2. The maximum Gasteiger partial charge on any atom is 0.416 e. The van der Waals surface area contributed by atoms with Gasteiger partial charge in [-0.3, -0.25) is 0 Å². The van der Waals surface area contributed by atoms with E-state index in [0.29, 0.717) is 16.7 Å². The first-order valence-corrected chi connectivity index (χ1v) is 9.23. The molecule has 2 aromatic rings. The number of hydrogen-bond donors (Lipinski definition) is 0. The highest BCUT2D eigenvalue weighted by atomic mass is 19.4. The predicted octanol–water partition coefficient (Wildman–Crippen LogP) is 5.60. The molecule has 2 rings (SSSR count). The predicted molar refractivity (Wildman–Crippen MR) is 108 cm³/mol. The molecule has 0 N–H and O–H groups in total. The number of aliphatic imine (C=N–C) groups is 1. The fraction of sp³-hybridized carbons (Fsp3) is 0.364. The third-order valence-electron chi connectivity index (χ3n) is 4.77. The molecule has 0 radical (unpaired) electrons. The van der Waals surface area contributed by atoms with Crippen molar-refractivity contribution in [2.24, 2.45) is 4.99 Å². The summed E-state index contributed by atoms with van der Waals surface area (Å²) >= 11 is 0. The van der Waals surface area contributed by atoms with Gasteiger partial charge in [-0.25, -0.2) is 9.79 Å². The Morgan fingerprint density at radius 2 is 1.86 bits per heavy atom. The molecular formula is C22H25F3N2O2. The summed E-state index contributed by atoms with van der Waals surface area (Å²) in [6.07, 6.45) is -2.73. The van der Waals surface area contributed by atoms with Crippen molar-refractivity contribution in [2.75, 3.05) is 13.6 Å². The van der Waals surface area contributed by atoms with E-state index in [0.717, 1.165) is 23.9 Å². The molecule has 0 bridgehead atoms. The Kier molecular flexibility index (Phi) is 7.06. The lowest BCUT2D eigenvalue weighted by molar-refractivity contribution is -0.138. The second-order valence-electron chi connectivity index (χ2n) is 6.94. The molecule has 0 unspecified atom stereocenters. The zero-order chi connectivity index (χ0) is 21.8. The lowest BCUT2D eigenvalue weighted by Crippen LogP contribution is -2.14. The minimum Gasteiger partial charge on any atom is -0.457 e. The maximum absolute atomic E-state index is 13.0. The standard InChI is InChI=1S/C22H25F3N2O2/c1-6-27(5)13-26-20-11-14(2)18(10-15(20)3)21(28)29-12-17-8-7-9-19(16(17)4)22(23,24)25/h7-11,13H,6,12H2,1-5H3. The van der Waals surface area contributed by atoms with E-state index in [9.17, 15) is 18.0 Å². The monoisotopic (exact) mass is 406 g/mol. The summed E-state index contributed by atoms with van der Waals surface area (Å²) < 4.78 is 44.4. The van der Waals surface area contributed by atoms with Gasteiger partial charge in [-0.2, -0.15) is 13.2 Å². The maximum atomic E-state index is 13.0. The summed E-state index contributed by atoms with van der Waals surface area (Å²) in [7, 11) is 1.91. The van der Waals surface area contributed by atoms with Gasteiger partial charge >= 0.3 is 12.1 Å². The van der Waals surface area contributed by atoms with E-state index < -0.39 is 17.7 Å². The van der Waals surface area contributed by atoms with Gasteiger partial charge in [-0.05, 0) is 68.1 Å². The Bertz CT molecular complexity index is 921. The topological polar surface area (TPSA) is 41.9 Å². The van der Waals surface area contributed by atoms with E-state index in [-0.39, 0.29) is 12.2 Å². The van der Waals surface area contributed by atoms with Crippen molar-refractivity contribution in [3.8, 4) is 0 Å². The first-order valence-electron chi connectivity index (χ1n) is 9.23. The lowest BCUT2D eigenvalue weighted by atomic mass is 10.0. The van der Waals surface area contributed by atoms with Crippen LogP contribution >= 0.6 is 0 Å². The molecule has 0 amide bonds. The van der Waals surface area contributed by atoms with Gasteiger partial charge in [0.1, 0.15) is 6.61 Å². The molecule has 29 heavy (non-hydrogen) atoms. The van der Waals surface area contributed by atoms with Gasteiger partial charge in [-0.15, -0.1) is 0 Å². The van der Waals surface area contributed by atoms with Gasteiger partial charge in [0.15, 0.2) is 0 Å². The van der Waals surface area contributed by atoms with E-state index in [4.69, 9.17) is 4.74 Å². The minimum absolute atomic E-state index is 0.0606. The van der Waals surface area contributed by atoms with Crippen LogP contribution in [0.5, 0.6) is 0 Å². The second kappa shape index (κ2) is 9.11. The Hall–Kier alpha value is -2.83. The minimum atomic E-state index is -4.44. The summed E-state index contributed by atoms with van der Waals surface area (Å²) in [5.74, 6) is -0.580. The van der Waals surface area contributed by atoms with Gasteiger partial charge in [0.05, 0.1) is 23.2 Å². The third-order valence-corrected chi connectivity index (χ3v) is 4.77. The summed E-state index contributed by atoms with van der Waals surface area (Å²) in [5, 5.41) is 0. The average molecular weight is 406 g/mol. The van der Waals surface area contributed by atoms with E-state index in [1.54, 1.807) is 25.4 Å². The first kappa shape index (κ1) is 22.5. The van der Waals surface area contributed by atoms with Crippen LogP contribution in [0.2, 0.25) is 0 Å². The molecule has 0 saturated heterocycles. The zero-order valence-electron chi connectivity index (χ0n) is 17.2. The molecule has 0 spiro atoms. The van der Waals surface area contributed by atoms with Crippen molar-refractivity contribution in [3.05, 3.63) is 63.7 Å². The summed E-state index contributed by atoms with van der Waals surface area (Å²) in [6.45, 7) is 7.59. The molecule has 0 aliphatic carbocycles. The molecule has 0 aliphatic rings. The van der Waals surface area contributed by atoms with Gasteiger partial charge < -0.3 is 9.64 Å².